The van der Waals surface area contributed by atoms with E-state index in [0.29, 0.717) is 0 Å². The van der Waals surface area contributed by atoms with Gasteiger partial charge in [-0.15, -0.1) is 0 Å². The Balaban J connectivity index is 0.000000568. The van der Waals surface area contributed by atoms with Gasteiger partial charge in [-0.1, -0.05) is 24.3 Å². The van der Waals surface area contributed by atoms with Crippen LogP contribution in [0.1, 0.15) is 62.4 Å². The maximum absolute atomic E-state index is 12.1. The molecule has 1 aromatic carbocycles. The van der Waals surface area contributed by atoms with Crippen molar-refractivity contribution in [2.45, 2.75) is 64.4 Å². The third-order valence-electron chi connectivity index (χ3n) is 5.99. The average Bonchev–Trinajstić information content (AvgIpc) is 3.17. The molecule has 2 aliphatic heterocycles. The van der Waals surface area contributed by atoms with Gasteiger partial charge in [0.15, 0.2) is 0 Å². The van der Waals surface area contributed by atoms with Crippen molar-refractivity contribution < 1.29 is 34.1 Å². The first-order chi connectivity index (χ1) is 17.4. The summed E-state index contributed by atoms with van der Waals surface area (Å²) in [6, 6.07) is 8.52. The predicted molar refractivity (Wildman–Crippen MR) is 136 cm³/mol. The highest BCUT2D eigenvalue weighted by Gasteiger charge is 2.30. The molecule has 37 heavy (non-hydrogen) atoms. The Kier molecular flexibility index (Phi) is 9.23. The van der Waals surface area contributed by atoms with E-state index in [0.717, 1.165) is 50.4 Å². The largest absolute Gasteiger partial charge is 0.473 e. The summed E-state index contributed by atoms with van der Waals surface area (Å²) in [6.45, 7) is 8.53. The zero-order chi connectivity index (χ0) is 27.2. The van der Waals surface area contributed by atoms with E-state index in [1.807, 2.05) is 27.0 Å². The number of hydrogen-bond acceptors (Lipinski definition) is 7. The maximum Gasteiger partial charge on any atom is 0.414 e. The van der Waals surface area contributed by atoms with Crippen molar-refractivity contribution in [1.29, 1.82) is 0 Å². The molecule has 1 unspecified atom stereocenters. The van der Waals surface area contributed by atoms with Gasteiger partial charge in [-0.05, 0) is 64.3 Å². The second-order valence-corrected chi connectivity index (χ2v) is 10.2. The molecule has 2 aromatic rings. The molecule has 10 heteroatoms. The fourth-order valence-electron chi connectivity index (χ4n) is 4.25. The van der Waals surface area contributed by atoms with E-state index in [1.165, 1.54) is 17.2 Å². The van der Waals surface area contributed by atoms with Crippen molar-refractivity contribution in [3.63, 3.8) is 0 Å². The van der Waals surface area contributed by atoms with Crippen LogP contribution in [-0.4, -0.2) is 74.4 Å². The number of aromatic nitrogens is 2. The van der Waals surface area contributed by atoms with E-state index >= 15 is 0 Å². The van der Waals surface area contributed by atoms with Gasteiger partial charge in [0.05, 0.1) is 11.8 Å². The normalized spacial score (nSPS) is 18.2. The minimum absolute atomic E-state index is 0.198. The molecular weight excluding hydrogens is 478 g/mol. The molecule has 10 nitrogen and oxygen atoms in total. The van der Waals surface area contributed by atoms with Crippen LogP contribution in [0.2, 0.25) is 0 Å². The fourth-order valence-corrected chi connectivity index (χ4v) is 4.25. The number of carboxylic acid groups (broad SMARTS) is 2. The SMILES string of the molecule is CN1CCC(OC2c3ccccc3CCn3cc(C=CC(=O)OC(C)(C)C)nc32)CC1.O=C(O)C(=O)O. The number of aliphatic carboxylic acids is 2. The predicted octanol–water partition coefficient (Wildman–Crippen LogP) is 3.15. The van der Waals surface area contributed by atoms with Crippen molar-refractivity contribution >= 4 is 24.0 Å². The summed E-state index contributed by atoms with van der Waals surface area (Å²) in [4.78, 5) is 37.5. The van der Waals surface area contributed by atoms with Crippen LogP contribution in [0.15, 0.2) is 36.5 Å². The smallest absolute Gasteiger partial charge is 0.414 e. The van der Waals surface area contributed by atoms with Gasteiger partial charge in [-0.2, -0.15) is 0 Å². The van der Waals surface area contributed by atoms with Crippen molar-refractivity contribution in [2.75, 3.05) is 20.1 Å². The number of aryl methyl sites for hydroxylation is 2. The molecule has 0 radical (unpaired) electrons. The molecule has 200 valence electrons. The molecule has 1 saturated heterocycles. The molecule has 0 aliphatic carbocycles. The van der Waals surface area contributed by atoms with Gasteiger partial charge in [-0.3, -0.25) is 0 Å². The Morgan fingerprint density at radius 1 is 1.05 bits per heavy atom. The number of carbonyl (C=O) groups excluding carboxylic acids is 1. The summed E-state index contributed by atoms with van der Waals surface area (Å²) in [5, 5.41) is 14.8. The Morgan fingerprint density at radius 3 is 2.32 bits per heavy atom. The second-order valence-electron chi connectivity index (χ2n) is 10.2. The van der Waals surface area contributed by atoms with Crippen LogP contribution in [0, 0.1) is 0 Å². The quantitative estimate of drug-likeness (QED) is 0.359. The second kappa shape index (κ2) is 12.2. The molecular formula is C27H35N3O7. The number of fused-ring (bicyclic) bond motifs is 2. The van der Waals surface area contributed by atoms with Gasteiger partial charge >= 0.3 is 17.9 Å². The van der Waals surface area contributed by atoms with Crippen LogP contribution in [0.4, 0.5) is 0 Å². The molecule has 0 spiro atoms. The van der Waals surface area contributed by atoms with Gasteiger partial charge in [0, 0.05) is 31.9 Å². The van der Waals surface area contributed by atoms with Gasteiger partial charge < -0.3 is 29.2 Å². The van der Waals surface area contributed by atoms with E-state index in [4.69, 9.17) is 34.3 Å². The number of hydrogen-bond donors (Lipinski definition) is 2. The lowest BCUT2D eigenvalue weighted by atomic mass is 10.00. The van der Waals surface area contributed by atoms with Gasteiger partial charge in [-0.25, -0.2) is 19.4 Å². The number of ether oxygens (including phenoxy) is 2. The third-order valence-corrected chi connectivity index (χ3v) is 5.99. The van der Waals surface area contributed by atoms with Gasteiger partial charge in [0.25, 0.3) is 0 Å². The maximum atomic E-state index is 12.1. The molecule has 1 atom stereocenters. The molecule has 2 aliphatic rings. The van der Waals surface area contributed by atoms with E-state index in [1.54, 1.807) is 6.08 Å². The molecule has 0 amide bonds. The zero-order valence-electron chi connectivity index (χ0n) is 21.7. The number of rotatable bonds is 4. The first-order valence-electron chi connectivity index (χ1n) is 12.3. The lowest BCUT2D eigenvalue weighted by molar-refractivity contribution is -0.159. The lowest BCUT2D eigenvalue weighted by Gasteiger charge is -2.32. The van der Waals surface area contributed by atoms with Crippen LogP contribution in [0.3, 0.4) is 0 Å². The Morgan fingerprint density at radius 2 is 1.70 bits per heavy atom. The van der Waals surface area contributed by atoms with Crippen molar-refractivity contribution in [3.05, 3.63) is 59.2 Å². The monoisotopic (exact) mass is 513 g/mol. The number of imidazole rings is 1. The number of nitrogens with zero attached hydrogens (tertiary/aromatic N) is 3. The first kappa shape index (κ1) is 28.1. The van der Waals surface area contributed by atoms with E-state index in [2.05, 4.69) is 40.8 Å². The molecule has 3 heterocycles. The fraction of sp³-hybridized carbons (Fsp3) is 0.481. The van der Waals surface area contributed by atoms with Gasteiger partial charge in [0.1, 0.15) is 17.5 Å². The number of carboxylic acids is 2. The molecule has 0 saturated carbocycles. The summed E-state index contributed by atoms with van der Waals surface area (Å²) < 4.78 is 14.2. The number of likely N-dealkylation sites (tertiary alicyclic amines) is 1. The summed E-state index contributed by atoms with van der Waals surface area (Å²) in [5.74, 6) is -3.10. The minimum atomic E-state index is -1.82. The zero-order valence-corrected chi connectivity index (χ0v) is 21.7. The van der Waals surface area contributed by atoms with Crippen LogP contribution in [0.5, 0.6) is 0 Å². The lowest BCUT2D eigenvalue weighted by Crippen LogP contribution is -2.35. The van der Waals surface area contributed by atoms with Crippen molar-refractivity contribution in [3.8, 4) is 0 Å². The Bertz CT molecular complexity index is 1130. The van der Waals surface area contributed by atoms with Crippen molar-refractivity contribution in [2.24, 2.45) is 0 Å². The Labute approximate surface area is 216 Å². The van der Waals surface area contributed by atoms with Crippen LogP contribution >= 0.6 is 0 Å². The van der Waals surface area contributed by atoms with Gasteiger partial charge in [0.2, 0.25) is 0 Å². The minimum Gasteiger partial charge on any atom is -0.473 e. The molecule has 4 rings (SSSR count). The molecule has 1 aromatic heterocycles. The number of carbonyl (C=O) groups is 3. The number of esters is 1. The van der Waals surface area contributed by atoms with Crippen LogP contribution < -0.4 is 0 Å². The molecule has 2 N–H and O–H groups in total. The first-order valence-corrected chi connectivity index (χ1v) is 12.3. The highest BCUT2D eigenvalue weighted by atomic mass is 16.6. The standard InChI is InChI=1S/C25H33N3O3.C2H2O4/c1-25(2,3)31-22(29)10-9-19-17-28-16-11-18-7-5-6-8-21(18)23(24(28)26-19)30-20-12-14-27(4)15-13-20;3-1(4)2(5)6/h5-10,17,20,23H,11-16H2,1-4H3;(H,3,4)(H,5,6). The third kappa shape index (κ3) is 8.26. The highest BCUT2D eigenvalue weighted by molar-refractivity contribution is 6.27. The molecule has 1 fully saturated rings. The Hall–Kier alpha value is -3.50. The number of piperidine rings is 1. The van der Waals surface area contributed by atoms with E-state index in [-0.39, 0.29) is 18.2 Å². The van der Waals surface area contributed by atoms with Crippen LogP contribution in [-0.2, 0) is 36.8 Å². The van der Waals surface area contributed by atoms with Crippen LogP contribution in [0.25, 0.3) is 6.08 Å². The summed E-state index contributed by atoms with van der Waals surface area (Å²) in [6.07, 6.45) is 8.20. The summed E-state index contributed by atoms with van der Waals surface area (Å²) in [7, 11) is 2.16. The highest BCUT2D eigenvalue weighted by Crippen LogP contribution is 2.34. The topological polar surface area (TPSA) is 131 Å². The van der Waals surface area contributed by atoms with E-state index < -0.39 is 17.5 Å². The van der Waals surface area contributed by atoms with E-state index in [9.17, 15) is 4.79 Å². The number of benzene rings is 1. The average molecular weight is 514 g/mol. The van der Waals surface area contributed by atoms with Crippen molar-refractivity contribution in [1.82, 2.24) is 14.5 Å². The molecule has 0 bridgehead atoms. The summed E-state index contributed by atoms with van der Waals surface area (Å²) in [5.41, 5.74) is 2.76. The summed E-state index contributed by atoms with van der Waals surface area (Å²) >= 11 is 0.